The topological polar surface area (TPSA) is 61.4 Å². The summed E-state index contributed by atoms with van der Waals surface area (Å²) in [6.07, 6.45) is 4.17. The van der Waals surface area contributed by atoms with Gasteiger partial charge in [-0.25, -0.2) is 0 Å². The van der Waals surface area contributed by atoms with Gasteiger partial charge in [0.2, 0.25) is 0 Å². The molecule has 0 radical (unpaired) electrons. The number of benzene rings is 2. The van der Waals surface area contributed by atoms with Gasteiger partial charge in [-0.2, -0.15) is 0 Å². The number of carbonyl (C=O) groups is 2. The van der Waals surface area contributed by atoms with Crippen molar-refractivity contribution < 1.29 is 9.59 Å². The molecule has 1 aliphatic heterocycles. The average molecular weight is 426 g/mol. The van der Waals surface area contributed by atoms with Gasteiger partial charge < -0.3 is 10.6 Å². The number of carbonyl (C=O) groups excluding carboxylic acids is 2. The first kappa shape index (κ1) is 22.4. The quantitative estimate of drug-likeness (QED) is 0.543. The van der Waals surface area contributed by atoms with Crippen LogP contribution in [0.15, 0.2) is 47.4 Å². The lowest BCUT2D eigenvalue weighted by molar-refractivity contribution is -0.136. The molecule has 1 heterocycles. The second-order valence-corrected chi connectivity index (χ2v) is 8.84. The number of nitrogens with zero attached hydrogens (tertiary/aromatic N) is 1. The van der Waals surface area contributed by atoms with Gasteiger partial charge in [-0.3, -0.25) is 14.5 Å². The van der Waals surface area contributed by atoms with E-state index in [2.05, 4.69) is 46.1 Å². The average Bonchev–Trinajstić information content (AvgIpc) is 2.76. The lowest BCUT2D eigenvalue weighted by atomic mass is 9.96. The van der Waals surface area contributed by atoms with Crippen LogP contribution in [-0.2, 0) is 16.1 Å². The molecule has 0 aromatic heterocycles. The van der Waals surface area contributed by atoms with Crippen molar-refractivity contribution in [2.24, 2.45) is 5.92 Å². The van der Waals surface area contributed by atoms with Gasteiger partial charge in [0.15, 0.2) is 0 Å². The third kappa shape index (κ3) is 6.09. The Morgan fingerprint density at radius 2 is 1.77 bits per heavy atom. The molecular weight excluding hydrogens is 394 g/mol. The summed E-state index contributed by atoms with van der Waals surface area (Å²) in [7, 11) is 0. The summed E-state index contributed by atoms with van der Waals surface area (Å²) in [6.45, 7) is 7.54. The Kier molecular flexibility index (Phi) is 7.94. The summed E-state index contributed by atoms with van der Waals surface area (Å²) in [5, 5.41) is 5.49. The molecule has 6 heteroatoms. The minimum Gasteiger partial charge on any atom is -0.348 e. The number of hydrogen-bond acceptors (Lipinski definition) is 4. The maximum atomic E-state index is 12.2. The predicted molar refractivity (Wildman–Crippen MR) is 124 cm³/mol. The molecule has 2 aromatic rings. The standard InChI is InChI=1S/C24H31N3O2S/c1-17-8-9-21(14-18(17)2)26-24(29)23(28)25-15-19-10-12-27(13-11-19)16-20-6-4-5-7-22(20)30-3/h4-9,14,19H,10-13,15-16H2,1-3H3,(H,25,28)(H,26,29). The fraction of sp³-hybridized carbons (Fsp3) is 0.417. The third-order valence-electron chi connectivity index (χ3n) is 5.82. The van der Waals surface area contributed by atoms with E-state index in [0.717, 1.165) is 43.6 Å². The van der Waals surface area contributed by atoms with Crippen molar-refractivity contribution in [1.82, 2.24) is 10.2 Å². The smallest absolute Gasteiger partial charge is 0.313 e. The van der Waals surface area contributed by atoms with E-state index in [1.807, 2.05) is 32.0 Å². The maximum Gasteiger partial charge on any atom is 0.313 e. The molecule has 1 saturated heterocycles. The Morgan fingerprint density at radius 1 is 1.03 bits per heavy atom. The zero-order valence-electron chi connectivity index (χ0n) is 18.0. The lowest BCUT2D eigenvalue weighted by Crippen LogP contribution is -2.41. The first-order valence-electron chi connectivity index (χ1n) is 10.5. The fourth-order valence-electron chi connectivity index (χ4n) is 3.75. The number of likely N-dealkylation sites (tertiary alicyclic amines) is 1. The molecule has 2 amide bonds. The second-order valence-electron chi connectivity index (χ2n) is 7.99. The number of thioether (sulfide) groups is 1. The van der Waals surface area contributed by atoms with Crippen LogP contribution in [0.2, 0.25) is 0 Å². The Balaban J connectivity index is 1.41. The van der Waals surface area contributed by atoms with Crippen LogP contribution in [0.5, 0.6) is 0 Å². The highest BCUT2D eigenvalue weighted by atomic mass is 32.2. The Bertz CT molecular complexity index is 892. The largest absolute Gasteiger partial charge is 0.348 e. The van der Waals surface area contributed by atoms with Crippen LogP contribution < -0.4 is 10.6 Å². The lowest BCUT2D eigenvalue weighted by Gasteiger charge is -2.32. The van der Waals surface area contributed by atoms with Gasteiger partial charge in [0.1, 0.15) is 0 Å². The maximum absolute atomic E-state index is 12.2. The van der Waals surface area contributed by atoms with Crippen molar-refractivity contribution in [1.29, 1.82) is 0 Å². The number of amides is 2. The van der Waals surface area contributed by atoms with E-state index >= 15 is 0 Å². The summed E-state index contributed by atoms with van der Waals surface area (Å²) in [5.41, 5.74) is 4.26. The summed E-state index contributed by atoms with van der Waals surface area (Å²) in [6, 6.07) is 14.2. The van der Waals surface area contributed by atoms with Gasteiger partial charge in [0.25, 0.3) is 0 Å². The zero-order valence-corrected chi connectivity index (χ0v) is 18.8. The van der Waals surface area contributed by atoms with Gasteiger partial charge in [-0.1, -0.05) is 24.3 Å². The van der Waals surface area contributed by atoms with Crippen LogP contribution in [0, 0.1) is 19.8 Å². The molecule has 0 bridgehead atoms. The summed E-state index contributed by atoms with van der Waals surface area (Å²) < 4.78 is 0. The number of piperidine rings is 1. The van der Waals surface area contributed by atoms with Crippen molar-refractivity contribution in [2.75, 3.05) is 31.2 Å². The number of aryl methyl sites for hydroxylation is 2. The molecule has 2 N–H and O–H groups in total. The Morgan fingerprint density at radius 3 is 2.47 bits per heavy atom. The molecule has 0 saturated carbocycles. The number of nitrogens with one attached hydrogen (secondary N) is 2. The van der Waals surface area contributed by atoms with Gasteiger partial charge in [0, 0.05) is 23.7 Å². The highest BCUT2D eigenvalue weighted by Crippen LogP contribution is 2.24. The van der Waals surface area contributed by atoms with E-state index in [4.69, 9.17) is 0 Å². The highest BCUT2D eigenvalue weighted by Gasteiger charge is 2.22. The van der Waals surface area contributed by atoms with Gasteiger partial charge in [0.05, 0.1) is 0 Å². The first-order valence-corrected chi connectivity index (χ1v) is 11.7. The van der Waals surface area contributed by atoms with Crippen molar-refractivity contribution in [3.05, 3.63) is 59.2 Å². The molecular formula is C24H31N3O2S. The molecule has 30 heavy (non-hydrogen) atoms. The van der Waals surface area contributed by atoms with Crippen molar-refractivity contribution in [3.63, 3.8) is 0 Å². The van der Waals surface area contributed by atoms with E-state index in [9.17, 15) is 9.59 Å². The molecule has 0 aliphatic carbocycles. The molecule has 0 spiro atoms. The second kappa shape index (κ2) is 10.6. The van der Waals surface area contributed by atoms with Crippen LogP contribution in [-0.4, -0.2) is 42.6 Å². The highest BCUT2D eigenvalue weighted by molar-refractivity contribution is 7.98. The van der Waals surface area contributed by atoms with Crippen molar-refractivity contribution >= 4 is 29.3 Å². The van der Waals surface area contributed by atoms with Crippen LogP contribution in [0.3, 0.4) is 0 Å². The van der Waals surface area contributed by atoms with E-state index < -0.39 is 11.8 Å². The SMILES string of the molecule is CSc1ccccc1CN1CCC(CNC(=O)C(=O)Nc2ccc(C)c(C)c2)CC1. The number of anilines is 1. The normalized spacial score (nSPS) is 15.0. The molecule has 5 nitrogen and oxygen atoms in total. The Labute approximate surface area is 183 Å². The monoisotopic (exact) mass is 425 g/mol. The molecule has 3 rings (SSSR count). The predicted octanol–water partition coefficient (Wildman–Crippen LogP) is 3.99. The molecule has 2 aromatic carbocycles. The van der Waals surface area contributed by atoms with E-state index in [0.29, 0.717) is 18.2 Å². The fourth-order valence-corrected chi connectivity index (χ4v) is 4.36. The molecule has 1 aliphatic rings. The van der Waals surface area contributed by atoms with Crippen molar-refractivity contribution in [2.45, 2.75) is 38.1 Å². The summed E-state index contributed by atoms with van der Waals surface area (Å²) in [4.78, 5) is 28.2. The number of rotatable bonds is 6. The van der Waals surface area contributed by atoms with Crippen molar-refractivity contribution in [3.8, 4) is 0 Å². The summed E-state index contributed by atoms with van der Waals surface area (Å²) >= 11 is 1.79. The molecule has 1 fully saturated rings. The minimum atomic E-state index is -0.607. The van der Waals surface area contributed by atoms with Crippen LogP contribution in [0.25, 0.3) is 0 Å². The third-order valence-corrected chi connectivity index (χ3v) is 6.65. The zero-order chi connectivity index (χ0) is 21.5. The Hall–Kier alpha value is -2.31. The minimum absolute atomic E-state index is 0.412. The van der Waals surface area contributed by atoms with Crippen LogP contribution in [0.1, 0.15) is 29.5 Å². The molecule has 0 atom stereocenters. The van der Waals surface area contributed by atoms with E-state index in [1.54, 1.807) is 11.8 Å². The van der Waals surface area contributed by atoms with Gasteiger partial charge in [-0.05, 0) is 86.8 Å². The van der Waals surface area contributed by atoms with E-state index in [1.165, 1.54) is 10.5 Å². The summed E-state index contributed by atoms with van der Waals surface area (Å²) in [5.74, 6) is -0.760. The van der Waals surface area contributed by atoms with Crippen LogP contribution in [0.4, 0.5) is 5.69 Å². The van der Waals surface area contributed by atoms with Gasteiger partial charge in [-0.15, -0.1) is 11.8 Å². The first-order chi connectivity index (χ1) is 14.5. The van der Waals surface area contributed by atoms with Crippen LogP contribution >= 0.6 is 11.8 Å². The molecule has 0 unspecified atom stereocenters. The number of hydrogen-bond donors (Lipinski definition) is 2. The molecule has 160 valence electrons. The van der Waals surface area contributed by atoms with E-state index in [-0.39, 0.29) is 0 Å². The van der Waals surface area contributed by atoms with Gasteiger partial charge >= 0.3 is 11.8 Å².